The lowest BCUT2D eigenvalue weighted by molar-refractivity contribution is -0.161. The minimum absolute atomic E-state index is 0.293. The van der Waals surface area contributed by atoms with Crippen LogP contribution in [-0.4, -0.2) is 25.2 Å². The Hall–Kier alpha value is -2.88. The van der Waals surface area contributed by atoms with E-state index in [1.807, 2.05) is 48.6 Å². The number of hydrogen-bond acceptors (Lipinski definition) is 4. The molecule has 0 amide bonds. The van der Waals surface area contributed by atoms with Gasteiger partial charge in [0, 0.05) is 0 Å². The average Bonchev–Trinajstić information content (AvgIpc) is 2.80. The third kappa shape index (κ3) is 6.87. The van der Waals surface area contributed by atoms with Crippen molar-refractivity contribution in [3.05, 3.63) is 83.9 Å². The van der Waals surface area contributed by atoms with Gasteiger partial charge >= 0.3 is 11.9 Å². The van der Waals surface area contributed by atoms with Gasteiger partial charge in [-0.3, -0.25) is 9.59 Å². The lowest BCUT2D eigenvalue weighted by Gasteiger charge is -2.25. The molecule has 0 spiro atoms. The summed E-state index contributed by atoms with van der Waals surface area (Å²) in [5, 5.41) is 0. The summed E-state index contributed by atoms with van der Waals surface area (Å²) in [4.78, 5) is 25.2. The molecule has 0 radical (unpaired) electrons. The molecule has 2 atom stereocenters. The van der Waals surface area contributed by atoms with Crippen molar-refractivity contribution < 1.29 is 19.1 Å². The Kier molecular flexibility index (Phi) is 8.70. The molecule has 4 nitrogen and oxygen atoms in total. The second-order valence-electron chi connectivity index (χ2n) is 7.67. The lowest BCUT2D eigenvalue weighted by Crippen LogP contribution is -2.34. The highest BCUT2D eigenvalue weighted by Gasteiger charge is 2.36. The van der Waals surface area contributed by atoms with Crippen LogP contribution in [0.3, 0.4) is 0 Å². The van der Waals surface area contributed by atoms with E-state index in [0.29, 0.717) is 26.1 Å². The Morgan fingerprint density at radius 2 is 1.07 bits per heavy atom. The molecule has 1 aliphatic carbocycles. The molecular formula is C26H30O4. The zero-order valence-corrected chi connectivity index (χ0v) is 17.4. The van der Waals surface area contributed by atoms with Crippen molar-refractivity contribution in [2.75, 3.05) is 13.2 Å². The van der Waals surface area contributed by atoms with Crippen LogP contribution in [0.5, 0.6) is 0 Å². The average molecular weight is 407 g/mol. The normalized spacial score (nSPS) is 18.0. The zero-order chi connectivity index (χ0) is 21.0. The molecule has 3 rings (SSSR count). The lowest BCUT2D eigenvalue weighted by atomic mass is 9.83. The number of allylic oxidation sites excluding steroid dienone is 2. The van der Waals surface area contributed by atoms with E-state index in [2.05, 4.69) is 24.3 Å². The molecule has 30 heavy (non-hydrogen) atoms. The van der Waals surface area contributed by atoms with Crippen LogP contribution < -0.4 is 0 Å². The van der Waals surface area contributed by atoms with Gasteiger partial charge in [0.25, 0.3) is 0 Å². The maximum Gasteiger partial charge on any atom is 0.310 e. The van der Waals surface area contributed by atoms with Gasteiger partial charge < -0.3 is 9.47 Å². The molecule has 4 heteroatoms. The fraction of sp³-hybridized carbons (Fsp3) is 0.385. The number of esters is 2. The van der Waals surface area contributed by atoms with Gasteiger partial charge in [-0.15, -0.1) is 0 Å². The van der Waals surface area contributed by atoms with E-state index >= 15 is 0 Å². The van der Waals surface area contributed by atoms with Crippen LogP contribution in [0.2, 0.25) is 0 Å². The number of ether oxygens (including phenoxy) is 2. The summed E-state index contributed by atoms with van der Waals surface area (Å²) in [5.74, 6) is -1.49. The van der Waals surface area contributed by atoms with Gasteiger partial charge in [-0.25, -0.2) is 0 Å². The summed E-state index contributed by atoms with van der Waals surface area (Å²) in [5.41, 5.74) is 2.46. The number of carbonyl (C=O) groups excluding carboxylic acids is 2. The Balaban J connectivity index is 1.40. The number of benzene rings is 2. The first-order chi connectivity index (χ1) is 14.7. The smallest absolute Gasteiger partial charge is 0.310 e. The van der Waals surface area contributed by atoms with Crippen LogP contribution >= 0.6 is 0 Å². The maximum absolute atomic E-state index is 12.6. The van der Waals surface area contributed by atoms with Gasteiger partial charge in [-0.2, -0.15) is 0 Å². The van der Waals surface area contributed by atoms with E-state index in [-0.39, 0.29) is 11.9 Å². The highest BCUT2D eigenvalue weighted by molar-refractivity contribution is 5.82. The van der Waals surface area contributed by atoms with E-state index in [1.54, 1.807) is 0 Å². The summed E-state index contributed by atoms with van der Waals surface area (Å²) in [6.45, 7) is 0.736. The van der Waals surface area contributed by atoms with Crippen molar-refractivity contribution in [3.8, 4) is 0 Å². The molecule has 2 unspecified atom stereocenters. The Labute approximate surface area is 178 Å². The van der Waals surface area contributed by atoms with Crippen LogP contribution in [0.1, 0.15) is 36.8 Å². The molecule has 0 heterocycles. The van der Waals surface area contributed by atoms with E-state index < -0.39 is 11.8 Å². The number of hydrogen-bond donors (Lipinski definition) is 0. The predicted molar refractivity (Wildman–Crippen MR) is 117 cm³/mol. The quantitative estimate of drug-likeness (QED) is 0.319. The molecule has 0 aliphatic heterocycles. The van der Waals surface area contributed by atoms with E-state index in [4.69, 9.17) is 9.47 Å². The fourth-order valence-corrected chi connectivity index (χ4v) is 3.74. The Bertz CT molecular complexity index is 744. The van der Waals surface area contributed by atoms with Crippen LogP contribution in [0.4, 0.5) is 0 Å². The van der Waals surface area contributed by atoms with E-state index in [9.17, 15) is 9.59 Å². The predicted octanol–water partition coefficient (Wildman–Crippen LogP) is 4.92. The van der Waals surface area contributed by atoms with Gasteiger partial charge in [0.2, 0.25) is 0 Å². The Morgan fingerprint density at radius 1 is 0.667 bits per heavy atom. The van der Waals surface area contributed by atoms with Gasteiger partial charge in [-0.05, 0) is 49.7 Å². The SMILES string of the molecule is O=C(OCCCc1ccccc1)C1CC=CCC1C(=O)OCCCc1ccccc1. The van der Waals surface area contributed by atoms with Gasteiger partial charge in [0.15, 0.2) is 0 Å². The van der Waals surface area contributed by atoms with Crippen molar-refractivity contribution in [2.24, 2.45) is 11.8 Å². The third-order valence-electron chi connectivity index (χ3n) is 5.43. The zero-order valence-electron chi connectivity index (χ0n) is 17.4. The Morgan fingerprint density at radius 3 is 1.47 bits per heavy atom. The molecule has 0 saturated carbocycles. The molecule has 158 valence electrons. The summed E-state index contributed by atoms with van der Waals surface area (Å²) in [6.07, 6.45) is 8.24. The van der Waals surface area contributed by atoms with Gasteiger partial charge in [-0.1, -0.05) is 72.8 Å². The number of aryl methyl sites for hydroxylation is 2. The second kappa shape index (κ2) is 12.0. The molecule has 0 N–H and O–H groups in total. The topological polar surface area (TPSA) is 52.6 Å². The summed E-state index contributed by atoms with van der Waals surface area (Å²) >= 11 is 0. The van der Waals surface area contributed by atoms with Crippen molar-refractivity contribution in [2.45, 2.75) is 38.5 Å². The summed E-state index contributed by atoms with van der Waals surface area (Å²) in [6, 6.07) is 20.3. The molecule has 2 aromatic carbocycles. The van der Waals surface area contributed by atoms with Crippen LogP contribution in [0, 0.1) is 11.8 Å². The van der Waals surface area contributed by atoms with E-state index in [0.717, 1.165) is 25.7 Å². The van der Waals surface area contributed by atoms with E-state index in [1.165, 1.54) is 11.1 Å². The van der Waals surface area contributed by atoms with Crippen molar-refractivity contribution in [1.29, 1.82) is 0 Å². The largest absolute Gasteiger partial charge is 0.465 e. The number of rotatable bonds is 10. The monoisotopic (exact) mass is 406 g/mol. The first kappa shape index (κ1) is 21.8. The first-order valence-corrected chi connectivity index (χ1v) is 10.8. The van der Waals surface area contributed by atoms with Gasteiger partial charge in [0.05, 0.1) is 25.0 Å². The maximum atomic E-state index is 12.6. The molecule has 0 fully saturated rings. The first-order valence-electron chi connectivity index (χ1n) is 10.8. The van der Waals surface area contributed by atoms with Gasteiger partial charge in [0.1, 0.15) is 0 Å². The summed E-state index contributed by atoms with van der Waals surface area (Å²) < 4.78 is 11.0. The van der Waals surface area contributed by atoms with Crippen LogP contribution in [0.25, 0.3) is 0 Å². The highest BCUT2D eigenvalue weighted by Crippen LogP contribution is 2.28. The highest BCUT2D eigenvalue weighted by atomic mass is 16.5. The van der Waals surface area contributed by atoms with Crippen LogP contribution in [0.15, 0.2) is 72.8 Å². The third-order valence-corrected chi connectivity index (χ3v) is 5.43. The van der Waals surface area contributed by atoms with Crippen molar-refractivity contribution in [3.63, 3.8) is 0 Å². The van der Waals surface area contributed by atoms with Crippen molar-refractivity contribution in [1.82, 2.24) is 0 Å². The minimum atomic E-state index is -0.451. The van der Waals surface area contributed by atoms with Crippen LogP contribution in [-0.2, 0) is 31.9 Å². The molecule has 2 aromatic rings. The number of carbonyl (C=O) groups is 2. The molecule has 0 aromatic heterocycles. The second-order valence-corrected chi connectivity index (χ2v) is 7.67. The summed E-state index contributed by atoms with van der Waals surface area (Å²) in [7, 11) is 0. The molecule has 0 bridgehead atoms. The fourth-order valence-electron chi connectivity index (χ4n) is 3.74. The molecular weight excluding hydrogens is 376 g/mol. The molecule has 1 aliphatic rings. The minimum Gasteiger partial charge on any atom is -0.465 e. The molecule has 0 saturated heterocycles. The standard InChI is InChI=1S/C26H30O4/c27-25(29-19-9-15-21-11-3-1-4-12-21)23-17-7-8-18-24(23)26(28)30-20-10-16-22-13-5-2-6-14-22/h1-8,11-14,23-24H,9-10,15-20H2. The van der Waals surface area contributed by atoms with Crippen molar-refractivity contribution >= 4 is 11.9 Å².